The molecule has 0 radical (unpaired) electrons. The minimum absolute atomic E-state index is 0.291. The Morgan fingerprint density at radius 2 is 2.00 bits per heavy atom. The predicted molar refractivity (Wildman–Crippen MR) is 67.2 cm³/mol. The van der Waals surface area contributed by atoms with Crippen LogP contribution in [0.1, 0.15) is 25.7 Å². The molecule has 0 spiro atoms. The van der Waals surface area contributed by atoms with Crippen LogP contribution in [0.25, 0.3) is 0 Å². The molecule has 3 nitrogen and oxygen atoms in total. The topological polar surface area (TPSA) is 46.3 Å². The molecule has 0 aromatic rings. The first-order valence-electron chi connectivity index (χ1n) is 6.95. The summed E-state index contributed by atoms with van der Waals surface area (Å²) < 4.78 is 0. The summed E-state index contributed by atoms with van der Waals surface area (Å²) in [5.74, 6) is 2.57. The summed E-state index contributed by atoms with van der Waals surface area (Å²) in [5, 5.41) is 0. The Labute approximate surface area is 103 Å². The summed E-state index contributed by atoms with van der Waals surface area (Å²) in [6, 6.07) is 0. The maximum atomic E-state index is 12.4. The van der Waals surface area contributed by atoms with Crippen molar-refractivity contribution in [3.63, 3.8) is 0 Å². The number of carbonyl (C=O) groups excluding carboxylic acids is 1. The molecule has 1 saturated heterocycles. The summed E-state index contributed by atoms with van der Waals surface area (Å²) in [6.07, 6.45) is 9.07. The molecule has 3 aliphatic rings. The number of hydrogen-bond acceptors (Lipinski definition) is 2. The molecule has 17 heavy (non-hydrogen) atoms. The highest BCUT2D eigenvalue weighted by molar-refractivity contribution is 5.80. The van der Waals surface area contributed by atoms with E-state index in [1.54, 1.807) is 0 Å². The molecule has 1 aliphatic heterocycles. The van der Waals surface area contributed by atoms with Crippen molar-refractivity contribution in [1.82, 2.24) is 4.90 Å². The molecule has 1 amide bonds. The van der Waals surface area contributed by atoms with Crippen LogP contribution in [0.4, 0.5) is 0 Å². The van der Waals surface area contributed by atoms with Gasteiger partial charge in [-0.1, -0.05) is 12.2 Å². The van der Waals surface area contributed by atoms with Gasteiger partial charge in [0.05, 0.1) is 0 Å². The number of hydrogen-bond donors (Lipinski definition) is 1. The zero-order chi connectivity index (χ0) is 11.8. The van der Waals surface area contributed by atoms with E-state index in [0.717, 1.165) is 38.9 Å². The van der Waals surface area contributed by atoms with E-state index in [1.807, 2.05) is 0 Å². The third kappa shape index (κ3) is 2.01. The Bertz CT molecular complexity index is 331. The summed E-state index contributed by atoms with van der Waals surface area (Å²) in [6.45, 7) is 2.63. The maximum Gasteiger partial charge on any atom is 0.226 e. The molecule has 1 saturated carbocycles. The highest BCUT2D eigenvalue weighted by Crippen LogP contribution is 2.44. The minimum Gasteiger partial charge on any atom is -0.342 e. The third-order valence-corrected chi connectivity index (χ3v) is 4.86. The van der Waals surface area contributed by atoms with E-state index in [-0.39, 0.29) is 0 Å². The predicted octanol–water partition coefficient (Wildman–Crippen LogP) is 1.40. The van der Waals surface area contributed by atoms with Crippen LogP contribution >= 0.6 is 0 Å². The van der Waals surface area contributed by atoms with E-state index < -0.39 is 0 Å². The second-order valence-electron chi connectivity index (χ2n) is 5.89. The van der Waals surface area contributed by atoms with Gasteiger partial charge < -0.3 is 10.6 Å². The van der Waals surface area contributed by atoms with Crippen LogP contribution in [-0.4, -0.2) is 30.4 Å². The Kier molecular flexibility index (Phi) is 2.95. The van der Waals surface area contributed by atoms with Gasteiger partial charge in [-0.25, -0.2) is 0 Å². The number of piperidine rings is 1. The van der Waals surface area contributed by atoms with Crippen molar-refractivity contribution in [2.75, 3.05) is 19.6 Å². The third-order valence-electron chi connectivity index (χ3n) is 4.86. The van der Waals surface area contributed by atoms with Crippen LogP contribution in [0.2, 0.25) is 0 Å². The minimum atomic E-state index is 0.291. The fourth-order valence-electron chi connectivity index (χ4n) is 3.69. The fourth-order valence-corrected chi connectivity index (χ4v) is 3.69. The van der Waals surface area contributed by atoms with Crippen LogP contribution in [0.3, 0.4) is 0 Å². The smallest absolute Gasteiger partial charge is 0.226 e. The number of rotatable bonds is 2. The van der Waals surface area contributed by atoms with Crippen molar-refractivity contribution in [3.8, 4) is 0 Å². The Morgan fingerprint density at radius 1 is 1.24 bits per heavy atom. The largest absolute Gasteiger partial charge is 0.342 e. The van der Waals surface area contributed by atoms with E-state index in [4.69, 9.17) is 5.73 Å². The molecule has 2 fully saturated rings. The number of fused-ring (bicyclic) bond motifs is 2. The molecule has 3 rings (SSSR count). The van der Waals surface area contributed by atoms with E-state index >= 15 is 0 Å². The van der Waals surface area contributed by atoms with Gasteiger partial charge in [-0.15, -0.1) is 0 Å². The SMILES string of the molecule is NCC1CCN(C(=O)C2CC3C=CC2C3)CC1. The number of allylic oxidation sites excluding steroid dienone is 2. The van der Waals surface area contributed by atoms with Crippen molar-refractivity contribution in [3.05, 3.63) is 12.2 Å². The molecule has 1 heterocycles. The Balaban J connectivity index is 1.58. The van der Waals surface area contributed by atoms with Gasteiger partial charge >= 0.3 is 0 Å². The highest BCUT2D eigenvalue weighted by Gasteiger charge is 2.41. The summed E-state index contributed by atoms with van der Waals surface area (Å²) >= 11 is 0. The maximum absolute atomic E-state index is 12.4. The number of nitrogens with two attached hydrogens (primary N) is 1. The number of likely N-dealkylation sites (tertiary alicyclic amines) is 1. The molecule has 3 unspecified atom stereocenters. The lowest BCUT2D eigenvalue weighted by Gasteiger charge is -2.34. The van der Waals surface area contributed by atoms with Gasteiger partial charge in [0.1, 0.15) is 0 Å². The van der Waals surface area contributed by atoms with Gasteiger partial charge in [0.25, 0.3) is 0 Å². The number of carbonyl (C=O) groups is 1. The number of amides is 1. The Morgan fingerprint density at radius 3 is 2.53 bits per heavy atom. The lowest BCUT2D eigenvalue weighted by molar-refractivity contribution is -0.137. The van der Waals surface area contributed by atoms with Crippen molar-refractivity contribution in [1.29, 1.82) is 0 Å². The molecule has 2 aliphatic carbocycles. The van der Waals surface area contributed by atoms with Crippen molar-refractivity contribution in [2.24, 2.45) is 29.4 Å². The van der Waals surface area contributed by atoms with Crippen LogP contribution in [0, 0.1) is 23.7 Å². The van der Waals surface area contributed by atoms with Crippen molar-refractivity contribution >= 4 is 5.91 Å². The van der Waals surface area contributed by atoms with E-state index in [0.29, 0.717) is 29.6 Å². The normalized spacial score (nSPS) is 36.8. The standard InChI is InChI=1S/C14H22N2O/c15-9-10-3-5-16(6-4-10)14(17)13-8-11-1-2-12(13)7-11/h1-2,10-13H,3-9,15H2. The summed E-state index contributed by atoms with van der Waals surface area (Å²) in [7, 11) is 0. The molecule has 3 atom stereocenters. The van der Waals surface area contributed by atoms with Gasteiger partial charge in [-0.3, -0.25) is 4.79 Å². The summed E-state index contributed by atoms with van der Waals surface area (Å²) in [5.41, 5.74) is 5.68. The molecule has 3 heteroatoms. The first kappa shape index (κ1) is 11.3. The summed E-state index contributed by atoms with van der Waals surface area (Å²) in [4.78, 5) is 14.5. The van der Waals surface area contributed by atoms with Gasteiger partial charge in [0.15, 0.2) is 0 Å². The lowest BCUT2D eigenvalue weighted by Crippen LogP contribution is -2.43. The van der Waals surface area contributed by atoms with Crippen molar-refractivity contribution < 1.29 is 4.79 Å². The molecule has 2 bridgehead atoms. The van der Waals surface area contributed by atoms with Crippen molar-refractivity contribution in [2.45, 2.75) is 25.7 Å². The monoisotopic (exact) mass is 234 g/mol. The van der Waals surface area contributed by atoms with Crippen LogP contribution < -0.4 is 5.73 Å². The molecular weight excluding hydrogens is 212 g/mol. The first-order valence-corrected chi connectivity index (χ1v) is 6.95. The Hall–Kier alpha value is -0.830. The second kappa shape index (κ2) is 4.45. The zero-order valence-corrected chi connectivity index (χ0v) is 10.3. The molecular formula is C14H22N2O. The molecule has 2 N–H and O–H groups in total. The van der Waals surface area contributed by atoms with E-state index in [1.165, 1.54) is 6.42 Å². The van der Waals surface area contributed by atoms with Gasteiger partial charge in [-0.2, -0.15) is 0 Å². The molecule has 0 aromatic heterocycles. The van der Waals surface area contributed by atoms with Crippen LogP contribution in [0.5, 0.6) is 0 Å². The lowest BCUT2D eigenvalue weighted by atomic mass is 9.90. The van der Waals surface area contributed by atoms with Gasteiger partial charge in [-0.05, 0) is 50.0 Å². The fraction of sp³-hybridized carbons (Fsp3) is 0.786. The second-order valence-corrected chi connectivity index (χ2v) is 5.89. The van der Waals surface area contributed by atoms with Crippen LogP contribution in [0.15, 0.2) is 12.2 Å². The quantitative estimate of drug-likeness (QED) is 0.734. The average molecular weight is 234 g/mol. The molecule has 0 aromatic carbocycles. The number of nitrogens with zero attached hydrogens (tertiary/aromatic N) is 1. The average Bonchev–Trinajstić information content (AvgIpc) is 3.00. The zero-order valence-electron chi connectivity index (χ0n) is 10.3. The highest BCUT2D eigenvalue weighted by atomic mass is 16.2. The first-order chi connectivity index (χ1) is 8.28. The molecule has 94 valence electrons. The van der Waals surface area contributed by atoms with Gasteiger partial charge in [0.2, 0.25) is 5.91 Å². The van der Waals surface area contributed by atoms with Crippen LogP contribution in [-0.2, 0) is 4.79 Å². The van der Waals surface area contributed by atoms with Gasteiger partial charge in [0, 0.05) is 19.0 Å². The van der Waals surface area contributed by atoms with E-state index in [2.05, 4.69) is 17.1 Å². The van der Waals surface area contributed by atoms with E-state index in [9.17, 15) is 4.79 Å².